The molecule has 6 heteroatoms. The molecule has 1 N–H and O–H groups in total. The highest BCUT2D eigenvalue weighted by molar-refractivity contribution is 6.45. The predicted molar refractivity (Wildman–Crippen MR) is 50.8 cm³/mol. The van der Waals surface area contributed by atoms with E-state index in [2.05, 4.69) is 5.32 Å². The summed E-state index contributed by atoms with van der Waals surface area (Å²) in [6.07, 6.45) is 0.171. The molecule has 0 saturated carbocycles. The van der Waals surface area contributed by atoms with Crippen LogP contribution in [0.25, 0.3) is 0 Å². The monoisotopic (exact) mass is 247 g/mol. The van der Waals surface area contributed by atoms with E-state index in [9.17, 15) is 4.79 Å². The zero-order valence-corrected chi connectivity index (χ0v) is 8.86. The lowest BCUT2D eigenvalue weighted by Crippen LogP contribution is -2.46. The Morgan fingerprint density at radius 3 is 2.58 bits per heavy atom. The van der Waals surface area contributed by atoms with Crippen molar-refractivity contribution in [2.75, 3.05) is 5.88 Å². The molecule has 1 atom stereocenters. The first-order chi connectivity index (χ1) is 5.49. The van der Waals surface area contributed by atoms with Gasteiger partial charge in [0.2, 0.25) is 5.91 Å². The topological polar surface area (TPSA) is 29.1 Å². The van der Waals surface area contributed by atoms with Gasteiger partial charge in [-0.3, -0.25) is 4.79 Å². The number of carbonyl (C=O) groups is 1. The van der Waals surface area contributed by atoms with Gasteiger partial charge >= 0.3 is 0 Å². The van der Waals surface area contributed by atoms with Gasteiger partial charge in [0.05, 0.1) is 10.9 Å². The van der Waals surface area contributed by atoms with Crippen molar-refractivity contribution < 1.29 is 4.79 Å². The van der Waals surface area contributed by atoms with E-state index in [0.29, 0.717) is 5.03 Å². The molecule has 0 spiro atoms. The van der Waals surface area contributed by atoms with Gasteiger partial charge in [-0.05, 0) is 0 Å². The van der Waals surface area contributed by atoms with Gasteiger partial charge in [-0.15, -0.1) is 23.2 Å². The summed E-state index contributed by atoms with van der Waals surface area (Å²) in [5, 5.41) is 2.78. The van der Waals surface area contributed by atoms with E-state index >= 15 is 0 Å². The zero-order valence-electron chi connectivity index (χ0n) is 5.83. The summed E-state index contributed by atoms with van der Waals surface area (Å²) in [5.74, 6) is -0.408. The first-order valence-electron chi connectivity index (χ1n) is 3.10. The van der Waals surface area contributed by atoms with Gasteiger partial charge in [-0.25, -0.2) is 0 Å². The van der Waals surface area contributed by atoms with E-state index < -0.39 is 10.8 Å². The lowest BCUT2D eigenvalue weighted by atomic mass is 10.0. The van der Waals surface area contributed by atoms with E-state index in [1.807, 2.05) is 0 Å². The molecule has 1 heterocycles. The minimum atomic E-state index is -1.16. The third-order valence-electron chi connectivity index (χ3n) is 1.52. The van der Waals surface area contributed by atoms with Crippen molar-refractivity contribution in [2.24, 2.45) is 0 Å². The summed E-state index contributed by atoms with van der Waals surface area (Å²) < 4.78 is 0. The fourth-order valence-electron chi connectivity index (χ4n) is 0.791. The lowest BCUT2D eigenvalue weighted by Gasteiger charge is -2.27. The average molecular weight is 249 g/mol. The van der Waals surface area contributed by atoms with Gasteiger partial charge in [-0.2, -0.15) is 0 Å². The Labute approximate surface area is 89.8 Å². The van der Waals surface area contributed by atoms with Gasteiger partial charge in [-0.1, -0.05) is 23.2 Å². The minimum absolute atomic E-state index is 0.000772. The summed E-state index contributed by atoms with van der Waals surface area (Å²) >= 11 is 22.6. The molecule has 12 heavy (non-hydrogen) atoms. The molecule has 0 aliphatic carbocycles. The Kier molecular flexibility index (Phi) is 3.16. The molecule has 0 aromatic heterocycles. The predicted octanol–water partition coefficient (Wildman–Crippen LogP) is 2.37. The van der Waals surface area contributed by atoms with Crippen LogP contribution in [0.1, 0.15) is 6.42 Å². The second-order valence-electron chi connectivity index (χ2n) is 2.45. The van der Waals surface area contributed by atoms with Gasteiger partial charge in [0, 0.05) is 6.42 Å². The third kappa shape index (κ3) is 1.82. The number of hydrogen-bond acceptors (Lipinski definition) is 1. The molecule has 0 aromatic rings. The summed E-state index contributed by atoms with van der Waals surface area (Å²) in [6.45, 7) is 0. The molecule has 68 valence electrons. The van der Waals surface area contributed by atoms with Crippen molar-refractivity contribution in [1.82, 2.24) is 5.32 Å². The van der Waals surface area contributed by atoms with E-state index in [-0.39, 0.29) is 17.5 Å². The second-order valence-corrected chi connectivity index (χ2v) is 4.27. The van der Waals surface area contributed by atoms with Gasteiger partial charge in [0.15, 0.2) is 0 Å². The van der Waals surface area contributed by atoms with Crippen molar-refractivity contribution in [3.63, 3.8) is 0 Å². The highest BCUT2D eigenvalue weighted by Gasteiger charge is 2.40. The number of amides is 1. The maximum atomic E-state index is 11.2. The van der Waals surface area contributed by atoms with Crippen LogP contribution in [0.5, 0.6) is 0 Å². The lowest BCUT2D eigenvalue weighted by molar-refractivity contribution is -0.122. The highest BCUT2D eigenvalue weighted by Crippen LogP contribution is 2.34. The molecular weight excluding hydrogens is 244 g/mol. The molecule has 2 nitrogen and oxygen atoms in total. The molecule has 1 aliphatic heterocycles. The van der Waals surface area contributed by atoms with Crippen molar-refractivity contribution in [3.8, 4) is 0 Å². The summed E-state index contributed by atoms with van der Waals surface area (Å²) in [7, 11) is 0. The fourth-order valence-corrected chi connectivity index (χ4v) is 1.68. The molecule has 1 rings (SSSR count). The van der Waals surface area contributed by atoms with Crippen LogP contribution in [-0.2, 0) is 4.79 Å². The maximum Gasteiger partial charge on any atom is 0.247 e. The molecule has 1 unspecified atom stereocenters. The molecule has 0 bridgehead atoms. The van der Waals surface area contributed by atoms with Gasteiger partial charge in [0.1, 0.15) is 10.0 Å². The summed E-state index contributed by atoms with van der Waals surface area (Å²) in [6, 6.07) is 0. The Bertz CT molecular complexity index is 252. The zero-order chi connectivity index (χ0) is 9.35. The van der Waals surface area contributed by atoms with Crippen LogP contribution in [-0.4, -0.2) is 16.7 Å². The van der Waals surface area contributed by atoms with Crippen LogP contribution >= 0.6 is 46.4 Å². The first-order valence-corrected chi connectivity index (χ1v) is 4.77. The number of halogens is 4. The van der Waals surface area contributed by atoms with E-state index in [1.165, 1.54) is 0 Å². The standard InChI is InChI=1S/C6H5Cl4NO/c7-2-6(10)1-3(8)4(9)11-5(6)12/h1-2H2,(H,11,12). The number of alkyl halides is 2. The van der Waals surface area contributed by atoms with Crippen LogP contribution in [0, 0.1) is 0 Å². The Hall–Kier alpha value is 0.370. The van der Waals surface area contributed by atoms with Crippen molar-refractivity contribution in [1.29, 1.82) is 0 Å². The first kappa shape index (κ1) is 10.5. The number of allylic oxidation sites excluding steroid dienone is 1. The van der Waals surface area contributed by atoms with Crippen LogP contribution < -0.4 is 5.32 Å². The largest absolute Gasteiger partial charge is 0.314 e. The molecule has 0 fully saturated rings. The van der Waals surface area contributed by atoms with E-state index in [1.54, 1.807) is 0 Å². The van der Waals surface area contributed by atoms with Crippen molar-refractivity contribution >= 4 is 52.3 Å². The fraction of sp³-hybridized carbons (Fsp3) is 0.500. The number of rotatable bonds is 1. The number of carbonyl (C=O) groups excluding carboxylic acids is 1. The number of nitrogens with one attached hydrogen (secondary N) is 1. The average Bonchev–Trinajstić information content (AvgIpc) is 2.01. The molecule has 0 aromatic carbocycles. The van der Waals surface area contributed by atoms with E-state index in [4.69, 9.17) is 46.4 Å². The van der Waals surface area contributed by atoms with Gasteiger partial charge < -0.3 is 5.32 Å². The van der Waals surface area contributed by atoms with E-state index in [0.717, 1.165) is 0 Å². The minimum Gasteiger partial charge on any atom is -0.314 e. The normalized spacial score (nSPS) is 30.5. The Balaban J connectivity index is 2.93. The smallest absolute Gasteiger partial charge is 0.247 e. The van der Waals surface area contributed by atoms with Crippen molar-refractivity contribution in [3.05, 3.63) is 10.2 Å². The van der Waals surface area contributed by atoms with Gasteiger partial charge in [0.25, 0.3) is 0 Å². The second kappa shape index (κ2) is 3.62. The SMILES string of the molecule is O=C1NC(Cl)=C(Cl)CC1(Cl)CCl. The Morgan fingerprint density at radius 2 is 2.08 bits per heavy atom. The summed E-state index contributed by atoms with van der Waals surface area (Å²) in [5.41, 5.74) is 0. The molecule has 0 radical (unpaired) electrons. The molecule has 1 amide bonds. The molecular formula is C6H5Cl4NO. The van der Waals surface area contributed by atoms with Crippen LogP contribution in [0.2, 0.25) is 0 Å². The summed E-state index contributed by atoms with van der Waals surface area (Å²) in [4.78, 5) is 10.0. The molecule has 0 saturated heterocycles. The third-order valence-corrected chi connectivity index (χ3v) is 3.29. The molecule has 1 aliphatic rings. The highest BCUT2D eigenvalue weighted by atomic mass is 35.5. The Morgan fingerprint density at radius 1 is 1.50 bits per heavy atom. The van der Waals surface area contributed by atoms with Crippen LogP contribution in [0.4, 0.5) is 0 Å². The number of hydrogen-bond donors (Lipinski definition) is 1. The van der Waals surface area contributed by atoms with Crippen LogP contribution in [0.3, 0.4) is 0 Å². The quantitative estimate of drug-likeness (QED) is 0.560. The van der Waals surface area contributed by atoms with Crippen molar-refractivity contribution in [2.45, 2.75) is 11.3 Å². The maximum absolute atomic E-state index is 11.2. The van der Waals surface area contributed by atoms with Crippen LogP contribution in [0.15, 0.2) is 10.2 Å².